The second-order valence-electron chi connectivity index (χ2n) is 14.2. The van der Waals surface area contributed by atoms with Crippen molar-refractivity contribution >= 4 is 160 Å². The molecule has 0 saturated carbocycles. The molecule has 9 rings (SSSR count). The van der Waals surface area contributed by atoms with Crippen molar-refractivity contribution in [2.24, 2.45) is 0 Å². The third-order valence-electron chi connectivity index (χ3n) is 11.0. The zero-order chi connectivity index (χ0) is 38.8. The molecule has 0 N–H and O–H groups in total. The Bertz CT molecular complexity index is 3190. The summed E-state index contributed by atoms with van der Waals surface area (Å²) in [6, 6.07) is 49.3. The van der Waals surface area contributed by atoms with Crippen molar-refractivity contribution in [3.05, 3.63) is 146 Å². The predicted molar refractivity (Wildman–Crippen MR) is 251 cm³/mol. The first-order valence-electron chi connectivity index (χ1n) is 18.2. The van der Waals surface area contributed by atoms with Crippen LogP contribution in [0.15, 0.2) is 146 Å². The first kappa shape index (κ1) is 35.9. The van der Waals surface area contributed by atoms with Gasteiger partial charge in [0.1, 0.15) is 62.8 Å². The van der Waals surface area contributed by atoms with Crippen LogP contribution in [0.5, 0.6) is 0 Å². The molecule has 8 heteroatoms. The average molecular weight is 687 g/mol. The van der Waals surface area contributed by atoms with Gasteiger partial charge in [0.15, 0.2) is 0 Å². The fraction of sp³-hybridized carbons (Fsp3) is 0. The van der Waals surface area contributed by atoms with Gasteiger partial charge in [-0.15, -0.1) is 27.3 Å². The van der Waals surface area contributed by atoms with Crippen LogP contribution in [-0.2, 0) is 0 Å². The summed E-state index contributed by atoms with van der Waals surface area (Å²) < 4.78 is 0. The third-order valence-corrected chi connectivity index (χ3v) is 11.0. The zero-order valence-corrected chi connectivity index (χ0v) is 30.5. The Hall–Kier alpha value is -5.72. The Kier molecular flexibility index (Phi) is 9.05. The van der Waals surface area contributed by atoms with Gasteiger partial charge in [-0.1, -0.05) is 144 Å². The van der Waals surface area contributed by atoms with Crippen molar-refractivity contribution in [1.82, 2.24) is 0 Å². The summed E-state index contributed by atoms with van der Waals surface area (Å²) >= 11 is 0. The minimum atomic E-state index is 0.0888. The van der Waals surface area contributed by atoms with Gasteiger partial charge in [-0.25, -0.2) is 0 Å². The molecule has 240 valence electrons. The maximum atomic E-state index is 7.22. The van der Waals surface area contributed by atoms with Crippen molar-refractivity contribution in [1.29, 1.82) is 0 Å². The maximum absolute atomic E-state index is 7.22. The smallest absolute Gasteiger partial charge is 0.111 e. The molecule has 0 bridgehead atoms. The van der Waals surface area contributed by atoms with Gasteiger partial charge in [-0.05, 0) is 105 Å². The highest BCUT2D eigenvalue weighted by atomic mass is 14.2. The molecule has 9 aromatic rings. The van der Waals surface area contributed by atoms with E-state index >= 15 is 0 Å². The minimum absolute atomic E-state index is 0.0888. The number of fused-ring (bicyclic) bond motifs is 7. The fourth-order valence-corrected chi connectivity index (χ4v) is 8.13. The third kappa shape index (κ3) is 5.81. The lowest BCUT2D eigenvalue weighted by Gasteiger charge is -2.24. The molecule has 56 heavy (non-hydrogen) atoms. The molecule has 0 atom stereocenters. The number of benzene rings is 8. The summed E-state index contributed by atoms with van der Waals surface area (Å²) in [5.74, 6) is 0. The summed E-state index contributed by atoms with van der Waals surface area (Å²) in [5, 5.41) is 9.56. The lowest BCUT2D eigenvalue weighted by Crippen LogP contribution is -2.49. The van der Waals surface area contributed by atoms with Crippen LogP contribution in [0.2, 0.25) is 0 Å². The largest absolute Gasteiger partial charge is 0.113 e. The van der Waals surface area contributed by atoms with Gasteiger partial charge in [0, 0.05) is 0 Å². The molecule has 16 radical (unpaired) electrons. The topological polar surface area (TPSA) is 0 Å². The molecule has 0 saturated heterocycles. The number of hydrogen-bond acceptors (Lipinski definition) is 0. The van der Waals surface area contributed by atoms with Crippen molar-refractivity contribution in [2.45, 2.75) is 0 Å². The van der Waals surface area contributed by atoms with Crippen LogP contribution < -0.4 is 43.7 Å². The second-order valence-corrected chi connectivity index (χ2v) is 14.2. The predicted octanol–water partition coefficient (Wildman–Crippen LogP) is 3.93. The van der Waals surface area contributed by atoms with E-state index in [1.807, 2.05) is 54.6 Å². The van der Waals surface area contributed by atoms with Crippen LogP contribution in [0.25, 0.3) is 87.2 Å². The quantitative estimate of drug-likeness (QED) is 0.195. The molecule has 0 nitrogen and oxygen atoms in total. The van der Waals surface area contributed by atoms with Crippen LogP contribution in [0.1, 0.15) is 0 Å². The van der Waals surface area contributed by atoms with E-state index in [0.29, 0.717) is 21.9 Å². The monoisotopic (exact) mass is 688 g/mol. The highest BCUT2D eigenvalue weighted by molar-refractivity contribution is 6.68. The first-order valence-corrected chi connectivity index (χ1v) is 18.2. The van der Waals surface area contributed by atoms with Crippen LogP contribution >= 0.6 is 0 Å². The Morgan fingerprint density at radius 1 is 0.268 bits per heavy atom. The molecule has 0 aliphatic carbocycles. The van der Waals surface area contributed by atoms with Gasteiger partial charge < -0.3 is 0 Å². The van der Waals surface area contributed by atoms with Crippen LogP contribution in [0.3, 0.4) is 0 Å². The minimum Gasteiger partial charge on any atom is -0.111 e. The molecular weight excluding hydrogens is 663 g/mol. The van der Waals surface area contributed by atoms with E-state index in [4.69, 9.17) is 62.8 Å². The fourth-order valence-electron chi connectivity index (χ4n) is 8.13. The van der Waals surface area contributed by atoms with Crippen molar-refractivity contribution in [3.63, 3.8) is 0 Å². The Morgan fingerprint density at radius 2 is 0.839 bits per heavy atom. The van der Waals surface area contributed by atoms with E-state index in [0.717, 1.165) is 65.3 Å². The molecule has 0 amide bonds. The van der Waals surface area contributed by atoms with Gasteiger partial charge in [0.2, 0.25) is 0 Å². The highest BCUT2D eigenvalue weighted by Gasteiger charge is 2.20. The lowest BCUT2D eigenvalue weighted by molar-refractivity contribution is 1.63. The van der Waals surface area contributed by atoms with E-state index < -0.39 is 0 Å². The summed E-state index contributed by atoms with van der Waals surface area (Å²) in [7, 11) is 55.0. The Morgan fingerprint density at radius 3 is 1.61 bits per heavy atom. The van der Waals surface area contributed by atoms with Crippen LogP contribution in [0, 0.1) is 0 Å². The molecule has 0 aliphatic heterocycles. The van der Waals surface area contributed by atoms with Gasteiger partial charge in [-0.3, -0.25) is 0 Å². The van der Waals surface area contributed by atoms with Gasteiger partial charge >= 0.3 is 0 Å². The van der Waals surface area contributed by atoms with E-state index in [2.05, 4.69) is 84.9 Å². The van der Waals surface area contributed by atoms with Gasteiger partial charge in [-0.2, -0.15) is 0 Å². The van der Waals surface area contributed by atoms with Gasteiger partial charge in [0.25, 0.3) is 0 Å². The second kappa shape index (κ2) is 14.1. The van der Waals surface area contributed by atoms with Crippen LogP contribution in [0.4, 0.5) is 0 Å². The molecular formula is C48H24B8. The van der Waals surface area contributed by atoms with Crippen LogP contribution in [-0.4, -0.2) is 62.8 Å². The maximum Gasteiger partial charge on any atom is 0.113 e. The highest BCUT2D eigenvalue weighted by Crippen LogP contribution is 2.40. The Labute approximate surface area is 337 Å². The number of rotatable bonds is 3. The number of hydrogen-bond donors (Lipinski definition) is 0. The lowest BCUT2D eigenvalue weighted by atomic mass is 9.61. The van der Waals surface area contributed by atoms with E-state index in [1.54, 1.807) is 6.07 Å². The molecule has 0 aromatic heterocycles. The zero-order valence-electron chi connectivity index (χ0n) is 30.5. The van der Waals surface area contributed by atoms with Crippen molar-refractivity contribution in [3.8, 4) is 33.4 Å². The molecule has 0 aliphatic rings. The normalized spacial score (nSPS) is 11.4. The summed E-state index contributed by atoms with van der Waals surface area (Å²) in [5.41, 5.74) is 6.10. The van der Waals surface area contributed by atoms with Gasteiger partial charge in [0.05, 0.1) is 0 Å². The summed E-state index contributed by atoms with van der Waals surface area (Å²) in [4.78, 5) is 0. The van der Waals surface area contributed by atoms with Crippen molar-refractivity contribution in [2.75, 3.05) is 0 Å². The Balaban J connectivity index is 1.48. The molecule has 0 spiro atoms. The summed E-state index contributed by atoms with van der Waals surface area (Å²) in [6.45, 7) is 0. The standard InChI is InChI=1S/C48H24B8/c49-37-21-20-33(30-12-7-11-28(23-30)29-18-16-25-8-1-2-10-27(25)22-29)39-41(45(53)48(56)47(55)43(39)51)40(44(52)46(54)42(37)50)36-24-31-19-17-26-9-3-4-13-32(26)38(31)35-15-6-5-14-34(35)36/h1-24H. The summed E-state index contributed by atoms with van der Waals surface area (Å²) in [6.07, 6.45) is 0. The van der Waals surface area contributed by atoms with Crippen molar-refractivity contribution < 1.29 is 0 Å². The van der Waals surface area contributed by atoms with E-state index in [1.165, 1.54) is 0 Å². The average Bonchev–Trinajstić information content (AvgIpc) is 3.24. The van der Waals surface area contributed by atoms with E-state index in [9.17, 15) is 0 Å². The first-order chi connectivity index (χ1) is 27.1. The van der Waals surface area contributed by atoms with E-state index in [-0.39, 0.29) is 43.7 Å². The molecule has 0 unspecified atom stereocenters. The SMILES string of the molecule is [B]c1ccc(-c2cccc(-c3ccc4ccccc4c3)c2)c2c([B])c([B])c([B])c([B])c2c(-c2cc3ccc4ccccc4c3c3ccccc23)c([B])c([B])c1[B]. The molecule has 0 fully saturated rings. The molecule has 9 aromatic carbocycles. The molecule has 0 heterocycles.